The molecule has 92 valence electrons. The highest BCUT2D eigenvalue weighted by molar-refractivity contribution is 6.17. The Labute approximate surface area is 99.6 Å². The lowest BCUT2D eigenvalue weighted by atomic mass is 10.0. The minimum atomic E-state index is -0.438. The van der Waals surface area contributed by atoms with Gasteiger partial charge < -0.3 is 14.4 Å². The number of hydrogen-bond acceptors (Lipinski definition) is 4. The number of likely N-dealkylation sites (tertiary alicyclic amines) is 1. The Balaban J connectivity index is 2.49. The predicted molar refractivity (Wildman–Crippen MR) is 58.2 cm³/mol. The minimum absolute atomic E-state index is 0.0895. The third kappa shape index (κ3) is 3.89. The van der Waals surface area contributed by atoms with Gasteiger partial charge in [-0.1, -0.05) is 11.6 Å². The van der Waals surface area contributed by atoms with Crippen molar-refractivity contribution in [2.24, 2.45) is 0 Å². The van der Waals surface area contributed by atoms with Crippen LogP contribution in [0.4, 0.5) is 4.79 Å². The van der Waals surface area contributed by atoms with Gasteiger partial charge in [0.2, 0.25) is 0 Å². The largest absolute Gasteiger partial charge is 0.464 e. The molecule has 1 aliphatic heterocycles. The average Bonchev–Trinajstić information content (AvgIpc) is 2.27. The summed E-state index contributed by atoms with van der Waals surface area (Å²) < 4.78 is 9.65. The maximum absolute atomic E-state index is 11.5. The summed E-state index contributed by atoms with van der Waals surface area (Å²) in [5, 5.41) is 0. The first-order valence-electron chi connectivity index (χ1n) is 5.28. The van der Waals surface area contributed by atoms with Gasteiger partial charge in [-0.25, -0.2) is 4.79 Å². The van der Waals surface area contributed by atoms with Crippen LogP contribution in [0.2, 0.25) is 0 Å². The van der Waals surface area contributed by atoms with E-state index in [1.807, 2.05) is 0 Å². The standard InChI is InChI=1S/C10H16ClNO4/c1-8(13)15-6-9-4-2-3-5-12(9)10(14)16-7-11/h9H,2-7H2,1H3/t9-/m0/s1. The summed E-state index contributed by atoms with van der Waals surface area (Å²) in [5.41, 5.74) is 0. The predicted octanol–water partition coefficient (Wildman–Crippen LogP) is 1.74. The molecule has 1 amide bonds. The van der Waals surface area contributed by atoms with E-state index in [0.717, 1.165) is 19.3 Å². The second-order valence-corrected chi connectivity index (χ2v) is 3.88. The van der Waals surface area contributed by atoms with Crippen molar-refractivity contribution < 1.29 is 19.1 Å². The Morgan fingerprint density at radius 1 is 1.38 bits per heavy atom. The third-order valence-corrected chi connectivity index (χ3v) is 2.63. The van der Waals surface area contributed by atoms with Crippen LogP contribution in [0, 0.1) is 0 Å². The van der Waals surface area contributed by atoms with Crippen molar-refractivity contribution >= 4 is 23.7 Å². The lowest BCUT2D eigenvalue weighted by molar-refractivity contribution is -0.143. The quantitative estimate of drug-likeness (QED) is 0.565. The first-order valence-corrected chi connectivity index (χ1v) is 5.81. The Kier molecular flexibility index (Phi) is 5.38. The van der Waals surface area contributed by atoms with E-state index in [2.05, 4.69) is 0 Å². The molecule has 0 aromatic rings. The van der Waals surface area contributed by atoms with Gasteiger partial charge in [0.15, 0.2) is 6.07 Å². The fourth-order valence-electron chi connectivity index (χ4n) is 1.76. The van der Waals surface area contributed by atoms with Gasteiger partial charge in [-0.15, -0.1) is 0 Å². The lowest BCUT2D eigenvalue weighted by Gasteiger charge is -2.34. The number of esters is 1. The van der Waals surface area contributed by atoms with E-state index in [1.54, 1.807) is 4.90 Å². The Morgan fingerprint density at radius 3 is 2.75 bits per heavy atom. The van der Waals surface area contributed by atoms with E-state index in [1.165, 1.54) is 6.92 Å². The number of carbonyl (C=O) groups excluding carboxylic acids is 2. The summed E-state index contributed by atoms with van der Waals surface area (Å²) in [7, 11) is 0. The maximum atomic E-state index is 11.5. The van der Waals surface area contributed by atoms with Crippen LogP contribution < -0.4 is 0 Å². The van der Waals surface area contributed by atoms with Crippen molar-refractivity contribution in [2.75, 3.05) is 19.2 Å². The molecule has 6 heteroatoms. The maximum Gasteiger partial charge on any atom is 0.411 e. The molecular weight excluding hydrogens is 234 g/mol. The van der Waals surface area contributed by atoms with Crippen molar-refractivity contribution in [1.29, 1.82) is 0 Å². The molecule has 5 nitrogen and oxygen atoms in total. The Hall–Kier alpha value is -0.970. The molecule has 1 heterocycles. The van der Waals surface area contributed by atoms with E-state index in [-0.39, 0.29) is 24.7 Å². The number of halogens is 1. The normalized spacial score (nSPS) is 20.4. The monoisotopic (exact) mass is 249 g/mol. The Bertz CT molecular complexity index is 259. The van der Waals surface area contributed by atoms with Gasteiger partial charge in [-0.2, -0.15) is 0 Å². The van der Waals surface area contributed by atoms with Crippen LogP contribution in [0.25, 0.3) is 0 Å². The number of rotatable bonds is 3. The van der Waals surface area contributed by atoms with Gasteiger partial charge in [-0.05, 0) is 19.3 Å². The number of ether oxygens (including phenoxy) is 2. The van der Waals surface area contributed by atoms with Crippen LogP contribution in [0.3, 0.4) is 0 Å². The summed E-state index contributed by atoms with van der Waals surface area (Å²) in [6, 6.07) is -0.247. The van der Waals surface area contributed by atoms with Crippen molar-refractivity contribution in [2.45, 2.75) is 32.2 Å². The van der Waals surface area contributed by atoms with Crippen molar-refractivity contribution in [3.8, 4) is 0 Å². The van der Waals surface area contributed by atoms with E-state index in [9.17, 15) is 9.59 Å². The number of nitrogens with zero attached hydrogens (tertiary/aromatic N) is 1. The highest BCUT2D eigenvalue weighted by atomic mass is 35.5. The zero-order valence-electron chi connectivity index (χ0n) is 9.28. The summed E-state index contributed by atoms with van der Waals surface area (Å²) in [6.07, 6.45) is 2.35. The first kappa shape index (κ1) is 13.1. The molecule has 1 rings (SSSR count). The molecule has 16 heavy (non-hydrogen) atoms. The highest BCUT2D eigenvalue weighted by Crippen LogP contribution is 2.18. The summed E-state index contributed by atoms with van der Waals surface area (Å²) in [6.45, 7) is 2.21. The molecule has 0 aromatic heterocycles. The molecule has 0 N–H and O–H groups in total. The Morgan fingerprint density at radius 2 is 2.12 bits per heavy atom. The number of piperidine rings is 1. The first-order chi connectivity index (χ1) is 7.65. The molecule has 0 aliphatic carbocycles. The molecule has 1 atom stereocenters. The van der Waals surface area contributed by atoms with Gasteiger partial charge >= 0.3 is 12.1 Å². The fourth-order valence-corrected chi connectivity index (χ4v) is 1.85. The minimum Gasteiger partial charge on any atom is -0.464 e. The highest BCUT2D eigenvalue weighted by Gasteiger charge is 2.28. The van der Waals surface area contributed by atoms with E-state index in [4.69, 9.17) is 21.1 Å². The van der Waals surface area contributed by atoms with Gasteiger partial charge in [0.1, 0.15) is 6.61 Å². The SMILES string of the molecule is CC(=O)OC[C@@H]1CCCCN1C(=O)OCCl. The topological polar surface area (TPSA) is 55.8 Å². The third-order valence-electron chi connectivity index (χ3n) is 2.52. The summed E-state index contributed by atoms with van der Waals surface area (Å²) in [5.74, 6) is -0.337. The molecular formula is C10H16ClNO4. The summed E-state index contributed by atoms with van der Waals surface area (Å²) in [4.78, 5) is 23.8. The molecule has 0 aromatic carbocycles. The van der Waals surface area contributed by atoms with E-state index >= 15 is 0 Å². The molecule has 0 spiro atoms. The average molecular weight is 250 g/mol. The number of carbonyl (C=O) groups is 2. The molecule has 1 aliphatic rings. The van der Waals surface area contributed by atoms with Crippen molar-refractivity contribution in [1.82, 2.24) is 4.90 Å². The van der Waals surface area contributed by atoms with E-state index < -0.39 is 6.09 Å². The van der Waals surface area contributed by atoms with Crippen LogP contribution in [0.1, 0.15) is 26.2 Å². The number of amides is 1. The zero-order valence-corrected chi connectivity index (χ0v) is 10.0. The van der Waals surface area contributed by atoms with Crippen LogP contribution >= 0.6 is 11.6 Å². The molecule has 1 saturated heterocycles. The zero-order chi connectivity index (χ0) is 12.0. The van der Waals surface area contributed by atoms with E-state index in [0.29, 0.717) is 6.54 Å². The van der Waals surface area contributed by atoms with Crippen LogP contribution in [-0.4, -0.2) is 42.2 Å². The van der Waals surface area contributed by atoms with Gasteiger partial charge in [0, 0.05) is 13.5 Å². The molecule has 0 unspecified atom stereocenters. The van der Waals surface area contributed by atoms with Crippen LogP contribution in [0.5, 0.6) is 0 Å². The second-order valence-electron chi connectivity index (χ2n) is 3.66. The lowest BCUT2D eigenvalue weighted by Crippen LogP contribution is -2.46. The summed E-state index contributed by atoms with van der Waals surface area (Å²) >= 11 is 5.34. The van der Waals surface area contributed by atoms with Gasteiger partial charge in [-0.3, -0.25) is 4.79 Å². The fraction of sp³-hybridized carbons (Fsp3) is 0.800. The van der Waals surface area contributed by atoms with Crippen molar-refractivity contribution in [3.05, 3.63) is 0 Å². The van der Waals surface area contributed by atoms with Gasteiger partial charge in [0.05, 0.1) is 6.04 Å². The van der Waals surface area contributed by atoms with Crippen LogP contribution in [-0.2, 0) is 14.3 Å². The second kappa shape index (κ2) is 6.58. The molecule has 0 radical (unpaired) electrons. The number of alkyl halides is 1. The van der Waals surface area contributed by atoms with Crippen LogP contribution in [0.15, 0.2) is 0 Å². The number of hydrogen-bond donors (Lipinski definition) is 0. The molecule has 0 saturated carbocycles. The van der Waals surface area contributed by atoms with Crippen molar-refractivity contribution in [3.63, 3.8) is 0 Å². The smallest absolute Gasteiger partial charge is 0.411 e. The molecule has 0 bridgehead atoms. The van der Waals surface area contributed by atoms with Gasteiger partial charge in [0.25, 0.3) is 0 Å². The molecule has 1 fully saturated rings.